The number of likely N-dealkylation sites (tertiary alicyclic amines) is 2. The molecule has 2 aliphatic heterocycles. The molecule has 0 saturated carbocycles. The Balaban J connectivity index is 1.81. The predicted molar refractivity (Wildman–Crippen MR) is 215 cm³/mol. The standard InChI is InChI=1S/C37H61N13O8/c38-16-2-1-7-24(39)33(55)49-19-5-10-28(49)31(53)46-25(8-3-17-44-36(40)41)30(52)47-26(9-4-18-45-37(42)43)34(56)50-20-6-11-29(50)32(54)48-27(35(57)58)21-22-12-14-23(51)15-13-22/h12-15,24-29,51H,1-11,16-21,38-39H2,(H,46,53)(H,47,52)(H,48,54)(H,57,58)(H4,40,41,44)(H4,42,43,45)/t24-,25-,26-,27-,28-,29-/m0/s1. The summed E-state index contributed by atoms with van der Waals surface area (Å²) in [5, 5.41) is 27.6. The van der Waals surface area contributed by atoms with Crippen molar-refractivity contribution < 1.29 is 39.0 Å². The minimum atomic E-state index is -1.33. The summed E-state index contributed by atoms with van der Waals surface area (Å²) >= 11 is 0. The molecule has 5 amide bonds. The molecule has 322 valence electrons. The number of hydrogen-bond donors (Lipinski definition) is 11. The molecule has 21 heteroatoms. The number of nitrogens with zero attached hydrogens (tertiary/aromatic N) is 4. The minimum Gasteiger partial charge on any atom is -0.508 e. The van der Waals surface area contributed by atoms with Crippen LogP contribution < -0.4 is 50.4 Å². The van der Waals surface area contributed by atoms with E-state index in [1.54, 1.807) is 12.1 Å². The topological polar surface area (TPSA) is 366 Å². The molecule has 0 aliphatic carbocycles. The van der Waals surface area contributed by atoms with E-state index in [-0.39, 0.29) is 81.7 Å². The number of carbonyl (C=O) groups excluding carboxylic acids is 5. The van der Waals surface area contributed by atoms with Gasteiger partial charge in [0.2, 0.25) is 29.5 Å². The van der Waals surface area contributed by atoms with Crippen molar-refractivity contribution in [1.29, 1.82) is 0 Å². The monoisotopic (exact) mass is 815 g/mol. The summed E-state index contributed by atoms with van der Waals surface area (Å²) in [5.74, 6) is -4.50. The fourth-order valence-electron chi connectivity index (χ4n) is 7.06. The lowest BCUT2D eigenvalue weighted by Gasteiger charge is -2.31. The van der Waals surface area contributed by atoms with Crippen molar-refractivity contribution in [3.05, 3.63) is 29.8 Å². The molecule has 0 bridgehead atoms. The first-order valence-corrected chi connectivity index (χ1v) is 19.7. The Morgan fingerprint density at radius 1 is 0.707 bits per heavy atom. The maximum absolute atomic E-state index is 14.2. The number of phenols is 1. The first-order valence-electron chi connectivity index (χ1n) is 19.7. The average molecular weight is 816 g/mol. The number of nitrogens with two attached hydrogens (primary N) is 6. The second kappa shape index (κ2) is 23.5. The number of aliphatic imine (C=N–C) groups is 2. The fourth-order valence-corrected chi connectivity index (χ4v) is 7.06. The molecule has 1 aromatic carbocycles. The van der Waals surface area contributed by atoms with Gasteiger partial charge < -0.3 is 70.4 Å². The van der Waals surface area contributed by atoms with E-state index >= 15 is 0 Å². The molecule has 58 heavy (non-hydrogen) atoms. The normalized spacial score (nSPS) is 18.3. The minimum absolute atomic E-state index is 0.00168. The predicted octanol–water partition coefficient (Wildman–Crippen LogP) is -2.98. The zero-order valence-corrected chi connectivity index (χ0v) is 32.9. The van der Waals surface area contributed by atoms with Crippen LogP contribution >= 0.6 is 0 Å². The second-order valence-electron chi connectivity index (χ2n) is 14.6. The highest BCUT2D eigenvalue weighted by Gasteiger charge is 2.41. The van der Waals surface area contributed by atoms with Gasteiger partial charge in [0, 0.05) is 32.6 Å². The van der Waals surface area contributed by atoms with Crippen LogP contribution in [-0.2, 0) is 35.2 Å². The molecular weight excluding hydrogens is 754 g/mol. The van der Waals surface area contributed by atoms with Gasteiger partial charge in [-0.3, -0.25) is 34.0 Å². The van der Waals surface area contributed by atoms with Gasteiger partial charge in [-0.2, -0.15) is 0 Å². The Labute approximate surface area is 337 Å². The number of aliphatic carboxylic acids is 1. The summed E-state index contributed by atoms with van der Waals surface area (Å²) < 4.78 is 0. The highest BCUT2D eigenvalue weighted by molar-refractivity contribution is 5.96. The Morgan fingerprint density at radius 2 is 1.22 bits per heavy atom. The van der Waals surface area contributed by atoms with E-state index in [1.165, 1.54) is 21.9 Å². The van der Waals surface area contributed by atoms with Gasteiger partial charge in [-0.1, -0.05) is 18.6 Å². The van der Waals surface area contributed by atoms with Gasteiger partial charge in [0.1, 0.15) is 36.0 Å². The van der Waals surface area contributed by atoms with Gasteiger partial charge >= 0.3 is 5.97 Å². The van der Waals surface area contributed by atoms with E-state index in [9.17, 15) is 39.0 Å². The van der Waals surface area contributed by atoms with Crippen LogP contribution in [0.5, 0.6) is 5.75 Å². The Hall–Kier alpha value is -5.70. The SMILES string of the molecule is NCCCC[C@H](N)C(=O)N1CCC[C@H]1C(=O)N[C@@H](CCCN=C(N)N)C(=O)N[C@@H](CCCN=C(N)N)C(=O)N1CCC[C@H]1C(=O)N[C@@H](Cc1ccc(O)cc1)C(=O)O. The van der Waals surface area contributed by atoms with Gasteiger partial charge in [0.05, 0.1) is 6.04 Å². The molecule has 6 atom stereocenters. The summed E-state index contributed by atoms with van der Waals surface area (Å²) in [6, 6.07) is -0.527. The Morgan fingerprint density at radius 3 is 1.74 bits per heavy atom. The molecule has 2 heterocycles. The van der Waals surface area contributed by atoms with E-state index in [4.69, 9.17) is 34.4 Å². The van der Waals surface area contributed by atoms with Crippen molar-refractivity contribution in [2.75, 3.05) is 32.7 Å². The third kappa shape index (κ3) is 14.7. The molecule has 0 spiro atoms. The third-order valence-corrected chi connectivity index (χ3v) is 10.1. The van der Waals surface area contributed by atoms with Crippen molar-refractivity contribution in [2.24, 2.45) is 44.4 Å². The van der Waals surface area contributed by atoms with Crippen LogP contribution in [0.4, 0.5) is 0 Å². The summed E-state index contributed by atoms with van der Waals surface area (Å²) in [5.41, 5.74) is 34.2. The van der Waals surface area contributed by atoms with Gasteiger partial charge in [0.15, 0.2) is 11.9 Å². The number of carboxylic acids is 1. The van der Waals surface area contributed by atoms with Crippen molar-refractivity contribution in [1.82, 2.24) is 25.8 Å². The lowest BCUT2D eigenvalue weighted by atomic mass is 10.0. The number of benzene rings is 1. The second-order valence-corrected chi connectivity index (χ2v) is 14.6. The number of amides is 5. The lowest BCUT2D eigenvalue weighted by Crippen LogP contribution is -2.59. The van der Waals surface area contributed by atoms with Crippen LogP contribution in [0.2, 0.25) is 0 Å². The van der Waals surface area contributed by atoms with Gasteiger partial charge in [-0.15, -0.1) is 0 Å². The maximum atomic E-state index is 14.2. The zero-order chi connectivity index (χ0) is 42.8. The van der Waals surface area contributed by atoms with Crippen LogP contribution in [0.3, 0.4) is 0 Å². The van der Waals surface area contributed by atoms with E-state index in [0.29, 0.717) is 57.2 Å². The van der Waals surface area contributed by atoms with Gasteiger partial charge in [-0.25, -0.2) is 4.79 Å². The summed E-state index contributed by atoms with van der Waals surface area (Å²) in [7, 11) is 0. The number of aromatic hydroxyl groups is 1. The summed E-state index contributed by atoms with van der Waals surface area (Å²) in [6.45, 7) is 1.22. The molecule has 2 saturated heterocycles. The number of carboxylic acid groups (broad SMARTS) is 1. The van der Waals surface area contributed by atoms with Crippen LogP contribution in [-0.4, -0.2) is 136 Å². The van der Waals surface area contributed by atoms with Crippen molar-refractivity contribution in [2.45, 2.75) is 113 Å². The van der Waals surface area contributed by atoms with Crippen molar-refractivity contribution in [3.63, 3.8) is 0 Å². The first kappa shape index (κ1) is 46.7. The van der Waals surface area contributed by atoms with E-state index in [2.05, 4.69) is 25.9 Å². The Kier molecular flexibility index (Phi) is 18.9. The summed E-state index contributed by atoms with van der Waals surface area (Å²) in [6.07, 6.45) is 3.93. The number of rotatable bonds is 23. The molecule has 0 unspecified atom stereocenters. The molecule has 1 aromatic rings. The Bertz CT molecular complexity index is 1620. The summed E-state index contributed by atoms with van der Waals surface area (Å²) in [4.78, 5) is 91.7. The van der Waals surface area contributed by atoms with E-state index in [0.717, 1.165) is 0 Å². The lowest BCUT2D eigenvalue weighted by molar-refractivity contribution is -0.145. The smallest absolute Gasteiger partial charge is 0.326 e. The van der Waals surface area contributed by atoms with Crippen LogP contribution in [0.25, 0.3) is 0 Å². The number of hydrogen-bond acceptors (Lipinski definition) is 11. The number of carbonyl (C=O) groups is 6. The molecular formula is C37H61N13O8. The van der Waals surface area contributed by atoms with E-state index in [1.807, 2.05) is 0 Å². The van der Waals surface area contributed by atoms with Gasteiger partial charge in [0.25, 0.3) is 0 Å². The molecule has 0 aromatic heterocycles. The molecule has 3 rings (SSSR count). The molecule has 21 nitrogen and oxygen atoms in total. The molecule has 0 radical (unpaired) electrons. The number of nitrogens with one attached hydrogen (secondary N) is 3. The number of guanidine groups is 2. The molecule has 2 aliphatic rings. The van der Waals surface area contributed by atoms with E-state index < -0.39 is 65.8 Å². The quantitative estimate of drug-likeness (QED) is 0.0298. The van der Waals surface area contributed by atoms with Crippen LogP contribution in [0, 0.1) is 0 Å². The van der Waals surface area contributed by atoms with Crippen molar-refractivity contribution in [3.8, 4) is 5.75 Å². The highest BCUT2D eigenvalue weighted by Crippen LogP contribution is 2.22. The molecule has 17 N–H and O–H groups in total. The average Bonchev–Trinajstić information content (AvgIpc) is 3.88. The first-order chi connectivity index (χ1) is 27.6. The largest absolute Gasteiger partial charge is 0.508 e. The highest BCUT2D eigenvalue weighted by atomic mass is 16.4. The number of phenolic OH excluding ortho intramolecular Hbond substituents is 1. The van der Waals surface area contributed by atoms with Crippen LogP contribution in [0.1, 0.15) is 76.2 Å². The maximum Gasteiger partial charge on any atom is 0.326 e. The van der Waals surface area contributed by atoms with Crippen LogP contribution in [0.15, 0.2) is 34.3 Å². The number of unbranched alkanes of at least 4 members (excludes halogenated alkanes) is 1. The van der Waals surface area contributed by atoms with Gasteiger partial charge in [-0.05, 0) is 88.4 Å². The molecule has 2 fully saturated rings. The third-order valence-electron chi connectivity index (χ3n) is 10.1. The van der Waals surface area contributed by atoms with Crippen molar-refractivity contribution >= 4 is 47.4 Å². The fraction of sp³-hybridized carbons (Fsp3) is 0.622. The zero-order valence-electron chi connectivity index (χ0n) is 32.9.